The Hall–Kier alpha value is -2.02. The number of β-amino-alcohol motifs (C(OH)–C–C–N with tert-alkyl or cyclic N) is 1. The van der Waals surface area contributed by atoms with E-state index < -0.39 is 29.9 Å². The van der Waals surface area contributed by atoms with Gasteiger partial charge in [-0.3, -0.25) is 9.59 Å². The largest absolute Gasteiger partial charge is 0.391 e. The van der Waals surface area contributed by atoms with Crippen molar-refractivity contribution in [2.75, 3.05) is 6.54 Å². The molecule has 18 heavy (non-hydrogen) atoms. The Labute approximate surface area is 102 Å². The molecule has 1 aromatic heterocycles. The molecule has 2 heterocycles. The lowest BCUT2D eigenvalue weighted by Gasteiger charge is -2.21. The van der Waals surface area contributed by atoms with E-state index in [0.29, 0.717) is 0 Å². The number of pyridine rings is 1. The van der Waals surface area contributed by atoms with Crippen LogP contribution < -0.4 is 5.73 Å². The van der Waals surface area contributed by atoms with Crippen LogP contribution in [0.4, 0.5) is 4.39 Å². The fraction of sp³-hybridized carbons (Fsp3) is 0.364. The van der Waals surface area contributed by atoms with Gasteiger partial charge in [-0.15, -0.1) is 0 Å². The number of nitrogens with zero attached hydrogens (tertiary/aromatic N) is 2. The van der Waals surface area contributed by atoms with Gasteiger partial charge in [0.05, 0.1) is 6.10 Å². The molecular formula is C11H12FN3O3. The summed E-state index contributed by atoms with van der Waals surface area (Å²) in [5, 5.41) is 9.48. The number of aliphatic hydroxyl groups excluding tert-OH is 1. The van der Waals surface area contributed by atoms with Crippen molar-refractivity contribution < 1.29 is 19.1 Å². The Morgan fingerprint density at radius 3 is 2.89 bits per heavy atom. The van der Waals surface area contributed by atoms with Crippen molar-refractivity contribution in [3.63, 3.8) is 0 Å². The number of primary amides is 1. The molecule has 1 aliphatic heterocycles. The van der Waals surface area contributed by atoms with Crippen LogP contribution in [-0.2, 0) is 4.79 Å². The van der Waals surface area contributed by atoms with Gasteiger partial charge in [-0.05, 0) is 6.07 Å². The van der Waals surface area contributed by atoms with Crippen molar-refractivity contribution in [3.8, 4) is 0 Å². The van der Waals surface area contributed by atoms with Crippen LogP contribution in [0.25, 0.3) is 0 Å². The van der Waals surface area contributed by atoms with E-state index >= 15 is 0 Å². The smallest absolute Gasteiger partial charge is 0.254 e. The van der Waals surface area contributed by atoms with Crippen molar-refractivity contribution in [2.24, 2.45) is 5.73 Å². The predicted octanol–water partition coefficient (Wildman–Crippen LogP) is -0.719. The summed E-state index contributed by atoms with van der Waals surface area (Å²) in [4.78, 5) is 27.8. The average molecular weight is 253 g/mol. The van der Waals surface area contributed by atoms with E-state index in [2.05, 4.69) is 4.98 Å². The van der Waals surface area contributed by atoms with E-state index in [-0.39, 0.29) is 18.5 Å². The molecule has 1 saturated heterocycles. The first kappa shape index (κ1) is 12.4. The maximum absolute atomic E-state index is 12.9. The van der Waals surface area contributed by atoms with Crippen LogP contribution in [0.1, 0.15) is 16.8 Å². The highest BCUT2D eigenvalue weighted by Gasteiger charge is 2.38. The minimum atomic E-state index is -0.858. The molecule has 2 unspecified atom stereocenters. The second-order valence-electron chi connectivity index (χ2n) is 4.13. The van der Waals surface area contributed by atoms with Gasteiger partial charge in [-0.2, -0.15) is 4.39 Å². The third kappa shape index (κ3) is 2.30. The molecule has 3 N–H and O–H groups in total. The first-order valence-corrected chi connectivity index (χ1v) is 5.39. The first-order chi connectivity index (χ1) is 8.49. The summed E-state index contributed by atoms with van der Waals surface area (Å²) in [7, 11) is 0. The maximum Gasteiger partial charge on any atom is 0.254 e. The summed E-state index contributed by atoms with van der Waals surface area (Å²) in [6.45, 7) is 0.0103. The number of hydrogen-bond donors (Lipinski definition) is 2. The monoisotopic (exact) mass is 253 g/mol. The number of hydrogen-bond acceptors (Lipinski definition) is 4. The van der Waals surface area contributed by atoms with Gasteiger partial charge < -0.3 is 15.7 Å². The van der Waals surface area contributed by atoms with Crippen LogP contribution >= 0.6 is 0 Å². The third-order valence-corrected chi connectivity index (χ3v) is 2.84. The van der Waals surface area contributed by atoms with Gasteiger partial charge in [0, 0.05) is 30.8 Å². The molecule has 0 aromatic carbocycles. The van der Waals surface area contributed by atoms with Crippen LogP contribution in [0, 0.1) is 5.95 Å². The van der Waals surface area contributed by atoms with Gasteiger partial charge in [-0.25, -0.2) is 4.98 Å². The lowest BCUT2D eigenvalue weighted by Crippen LogP contribution is -2.43. The standard InChI is InChI=1S/C11H12FN3O3/c12-9-3-6(1-2-14-9)11(18)15-5-7(16)4-8(15)10(13)17/h1-3,7-8,16H,4-5H2,(H2,13,17). The predicted molar refractivity (Wildman–Crippen MR) is 58.8 cm³/mol. The lowest BCUT2D eigenvalue weighted by atomic mass is 10.1. The van der Waals surface area contributed by atoms with Gasteiger partial charge in [0.25, 0.3) is 5.91 Å². The molecule has 0 aliphatic carbocycles. The summed E-state index contributed by atoms with van der Waals surface area (Å²) in [6.07, 6.45) is 0.473. The summed E-state index contributed by atoms with van der Waals surface area (Å²) < 4.78 is 12.9. The van der Waals surface area contributed by atoms with Crippen molar-refractivity contribution in [3.05, 3.63) is 29.8 Å². The molecule has 2 amide bonds. The topological polar surface area (TPSA) is 96.5 Å². The molecule has 7 heteroatoms. The number of likely N-dealkylation sites (tertiary alicyclic amines) is 1. The normalized spacial score (nSPS) is 23.1. The molecule has 96 valence electrons. The zero-order chi connectivity index (χ0) is 13.3. The SMILES string of the molecule is NC(=O)C1CC(O)CN1C(=O)c1ccnc(F)c1. The fourth-order valence-corrected chi connectivity index (χ4v) is 2.01. The van der Waals surface area contributed by atoms with E-state index in [1.807, 2.05) is 0 Å². The van der Waals surface area contributed by atoms with Gasteiger partial charge in [0.2, 0.25) is 11.9 Å². The molecular weight excluding hydrogens is 241 g/mol. The molecule has 1 aromatic rings. The van der Waals surface area contributed by atoms with E-state index in [0.717, 1.165) is 17.2 Å². The van der Waals surface area contributed by atoms with Crippen LogP contribution in [0.5, 0.6) is 0 Å². The van der Waals surface area contributed by atoms with Crippen LogP contribution in [0.3, 0.4) is 0 Å². The van der Waals surface area contributed by atoms with Gasteiger partial charge in [0.1, 0.15) is 6.04 Å². The molecule has 1 aliphatic rings. The second-order valence-corrected chi connectivity index (χ2v) is 4.13. The third-order valence-electron chi connectivity index (χ3n) is 2.84. The van der Waals surface area contributed by atoms with Crippen LogP contribution in [0.2, 0.25) is 0 Å². The molecule has 0 saturated carbocycles. The Morgan fingerprint density at radius 2 is 2.28 bits per heavy atom. The molecule has 1 fully saturated rings. The van der Waals surface area contributed by atoms with Crippen molar-refractivity contribution in [1.82, 2.24) is 9.88 Å². The van der Waals surface area contributed by atoms with Gasteiger partial charge in [-0.1, -0.05) is 0 Å². The van der Waals surface area contributed by atoms with Crippen molar-refractivity contribution in [1.29, 1.82) is 0 Å². The minimum Gasteiger partial charge on any atom is -0.391 e. The number of nitrogens with two attached hydrogens (primary N) is 1. The molecule has 0 bridgehead atoms. The molecule has 6 nitrogen and oxygen atoms in total. The van der Waals surface area contributed by atoms with Gasteiger partial charge >= 0.3 is 0 Å². The molecule has 0 radical (unpaired) electrons. The number of amides is 2. The summed E-state index contributed by atoms with van der Waals surface area (Å²) in [5.41, 5.74) is 5.24. The maximum atomic E-state index is 12.9. The van der Waals surface area contributed by atoms with E-state index in [4.69, 9.17) is 5.73 Å². The second kappa shape index (κ2) is 4.69. The highest BCUT2D eigenvalue weighted by molar-refractivity contribution is 5.97. The molecule has 0 spiro atoms. The Bertz CT molecular complexity index is 494. The highest BCUT2D eigenvalue weighted by atomic mass is 19.1. The number of halogens is 1. The number of aromatic nitrogens is 1. The zero-order valence-electron chi connectivity index (χ0n) is 9.41. The zero-order valence-corrected chi connectivity index (χ0v) is 9.41. The molecule has 2 atom stereocenters. The van der Waals surface area contributed by atoms with Crippen molar-refractivity contribution >= 4 is 11.8 Å². The summed E-state index contributed by atoms with van der Waals surface area (Å²) in [5.74, 6) is -2.01. The number of aliphatic hydroxyl groups is 1. The Balaban J connectivity index is 2.25. The first-order valence-electron chi connectivity index (χ1n) is 5.39. The quantitative estimate of drug-likeness (QED) is 0.680. The number of carbonyl (C=O) groups excluding carboxylic acids is 2. The van der Waals surface area contributed by atoms with Crippen LogP contribution in [0.15, 0.2) is 18.3 Å². The summed E-state index contributed by atoms with van der Waals surface area (Å²) >= 11 is 0. The fourth-order valence-electron chi connectivity index (χ4n) is 2.01. The number of carbonyl (C=O) groups is 2. The Morgan fingerprint density at radius 1 is 1.56 bits per heavy atom. The summed E-state index contributed by atoms with van der Waals surface area (Å²) in [6, 6.07) is 1.46. The van der Waals surface area contributed by atoms with Crippen molar-refractivity contribution in [2.45, 2.75) is 18.6 Å². The molecule has 2 rings (SSSR count). The number of rotatable bonds is 2. The van der Waals surface area contributed by atoms with Gasteiger partial charge in [0.15, 0.2) is 0 Å². The Kier molecular flexibility index (Phi) is 3.24. The lowest BCUT2D eigenvalue weighted by molar-refractivity contribution is -0.121. The van der Waals surface area contributed by atoms with Crippen LogP contribution in [-0.4, -0.2) is 45.5 Å². The minimum absolute atomic E-state index is 0.0103. The highest BCUT2D eigenvalue weighted by Crippen LogP contribution is 2.20. The van der Waals surface area contributed by atoms with E-state index in [1.54, 1.807) is 0 Å². The van der Waals surface area contributed by atoms with E-state index in [1.165, 1.54) is 6.07 Å². The van der Waals surface area contributed by atoms with E-state index in [9.17, 15) is 19.1 Å². The average Bonchev–Trinajstić information content (AvgIpc) is 2.70.